The Labute approximate surface area is 105 Å². The molecule has 1 unspecified atom stereocenters. The Morgan fingerprint density at radius 1 is 1.12 bits per heavy atom. The zero-order chi connectivity index (χ0) is 12.3. The molecule has 2 heteroatoms. The molecule has 0 aliphatic carbocycles. The van der Waals surface area contributed by atoms with Gasteiger partial charge in [0, 0.05) is 24.1 Å². The van der Waals surface area contributed by atoms with Crippen molar-refractivity contribution in [2.45, 2.75) is 45.8 Å². The van der Waals surface area contributed by atoms with Crippen molar-refractivity contribution in [3.8, 4) is 0 Å². The zero-order valence-electron chi connectivity index (χ0n) is 11.0. The normalized spacial score (nSPS) is 19.4. The molecule has 0 saturated carbocycles. The molecule has 1 aromatic rings. The van der Waals surface area contributed by atoms with Gasteiger partial charge in [-0.15, -0.1) is 0 Å². The number of benzene rings is 1. The van der Waals surface area contributed by atoms with Crippen LogP contribution >= 0.6 is 0 Å². The van der Waals surface area contributed by atoms with E-state index in [4.69, 9.17) is 0 Å². The van der Waals surface area contributed by atoms with Crippen LogP contribution in [-0.2, 0) is 0 Å². The van der Waals surface area contributed by atoms with Crippen molar-refractivity contribution in [3.63, 3.8) is 0 Å². The predicted octanol–water partition coefficient (Wildman–Crippen LogP) is 3.81. The van der Waals surface area contributed by atoms with Gasteiger partial charge in [0.05, 0.1) is 0 Å². The second-order valence-electron chi connectivity index (χ2n) is 4.85. The summed E-state index contributed by atoms with van der Waals surface area (Å²) in [5.41, 5.74) is 1.28. The van der Waals surface area contributed by atoms with E-state index < -0.39 is 0 Å². The number of para-hydroxylation sites is 1. The molecular weight excluding hydrogens is 208 g/mol. The number of hydrogen-bond donors (Lipinski definition) is 0. The molecular formula is C15H22N2. The van der Waals surface area contributed by atoms with Crippen LogP contribution in [0.25, 0.3) is 0 Å². The Kier molecular flexibility index (Phi) is 3.72. The number of hydrogen-bond acceptors (Lipinski definition) is 2. The first-order valence-electron chi connectivity index (χ1n) is 6.53. The lowest BCUT2D eigenvalue weighted by molar-refractivity contribution is 0.236. The fourth-order valence-corrected chi connectivity index (χ4v) is 2.41. The molecule has 0 bridgehead atoms. The summed E-state index contributed by atoms with van der Waals surface area (Å²) in [4.78, 5) is 4.82. The SMILES string of the molecule is CCCC1N(c2ccccc2)C=CN1C(C)C. The Morgan fingerprint density at radius 3 is 2.41 bits per heavy atom. The molecule has 0 aromatic heterocycles. The third kappa shape index (κ3) is 2.46. The topological polar surface area (TPSA) is 6.48 Å². The highest BCUT2D eigenvalue weighted by atomic mass is 15.4. The molecule has 92 valence electrons. The van der Waals surface area contributed by atoms with Gasteiger partial charge in [-0.25, -0.2) is 0 Å². The summed E-state index contributed by atoms with van der Waals surface area (Å²) < 4.78 is 0. The van der Waals surface area contributed by atoms with Gasteiger partial charge in [0.2, 0.25) is 0 Å². The molecule has 0 amide bonds. The standard InChI is InChI=1S/C15H22N2/c1-4-8-15-16(13(2)3)11-12-17(15)14-9-6-5-7-10-14/h5-7,9-13,15H,4,8H2,1-3H3. The van der Waals surface area contributed by atoms with Crippen molar-refractivity contribution in [2.75, 3.05) is 4.90 Å². The minimum atomic E-state index is 0.474. The Morgan fingerprint density at radius 2 is 1.82 bits per heavy atom. The van der Waals surface area contributed by atoms with E-state index in [-0.39, 0.29) is 0 Å². The van der Waals surface area contributed by atoms with Gasteiger partial charge in [-0.1, -0.05) is 31.5 Å². The molecule has 1 aliphatic heterocycles. The first kappa shape index (κ1) is 12.0. The summed E-state index contributed by atoms with van der Waals surface area (Å²) in [5, 5.41) is 0. The first-order valence-corrected chi connectivity index (χ1v) is 6.53. The van der Waals surface area contributed by atoms with Crippen LogP contribution in [0, 0.1) is 0 Å². The first-order chi connectivity index (χ1) is 8.24. The number of rotatable bonds is 4. The maximum Gasteiger partial charge on any atom is 0.106 e. The van der Waals surface area contributed by atoms with Gasteiger partial charge in [-0.2, -0.15) is 0 Å². The predicted molar refractivity (Wildman–Crippen MR) is 73.7 cm³/mol. The molecule has 2 rings (SSSR count). The maximum absolute atomic E-state index is 2.44. The Balaban J connectivity index is 2.21. The second kappa shape index (κ2) is 5.26. The molecule has 0 radical (unpaired) electrons. The zero-order valence-corrected chi connectivity index (χ0v) is 11.0. The molecule has 0 N–H and O–H groups in total. The quantitative estimate of drug-likeness (QED) is 0.776. The van der Waals surface area contributed by atoms with Gasteiger partial charge < -0.3 is 9.80 Å². The van der Waals surface area contributed by atoms with E-state index in [0.29, 0.717) is 12.2 Å². The van der Waals surface area contributed by atoms with Crippen molar-refractivity contribution in [1.82, 2.24) is 4.90 Å². The Hall–Kier alpha value is -1.44. The second-order valence-corrected chi connectivity index (χ2v) is 4.85. The minimum Gasteiger partial charge on any atom is -0.353 e. The molecule has 1 atom stereocenters. The van der Waals surface area contributed by atoms with Crippen LogP contribution in [0.1, 0.15) is 33.6 Å². The van der Waals surface area contributed by atoms with E-state index in [1.54, 1.807) is 0 Å². The maximum atomic E-state index is 2.44. The number of anilines is 1. The highest BCUT2D eigenvalue weighted by Gasteiger charge is 2.27. The van der Waals surface area contributed by atoms with E-state index in [1.807, 2.05) is 0 Å². The van der Waals surface area contributed by atoms with E-state index >= 15 is 0 Å². The molecule has 1 aromatic carbocycles. The third-order valence-corrected chi connectivity index (χ3v) is 3.26. The van der Waals surface area contributed by atoms with Gasteiger partial charge in [-0.3, -0.25) is 0 Å². The van der Waals surface area contributed by atoms with Crippen molar-refractivity contribution >= 4 is 5.69 Å². The minimum absolute atomic E-state index is 0.474. The largest absolute Gasteiger partial charge is 0.353 e. The van der Waals surface area contributed by atoms with E-state index in [0.717, 1.165) is 0 Å². The Bertz CT molecular complexity index is 370. The summed E-state index contributed by atoms with van der Waals surface area (Å²) in [7, 11) is 0. The van der Waals surface area contributed by atoms with Crippen LogP contribution in [0.2, 0.25) is 0 Å². The van der Waals surface area contributed by atoms with Gasteiger partial charge in [-0.05, 0) is 32.4 Å². The van der Waals surface area contributed by atoms with Gasteiger partial charge in [0.25, 0.3) is 0 Å². The van der Waals surface area contributed by atoms with Crippen LogP contribution in [-0.4, -0.2) is 17.1 Å². The lowest BCUT2D eigenvalue weighted by atomic mass is 10.2. The molecule has 0 saturated heterocycles. The fourth-order valence-electron chi connectivity index (χ4n) is 2.41. The summed E-state index contributed by atoms with van der Waals surface area (Å²) in [6.07, 6.45) is 7.30. The van der Waals surface area contributed by atoms with E-state index in [9.17, 15) is 0 Å². The monoisotopic (exact) mass is 230 g/mol. The van der Waals surface area contributed by atoms with Crippen molar-refractivity contribution < 1.29 is 0 Å². The molecule has 2 nitrogen and oxygen atoms in total. The molecule has 17 heavy (non-hydrogen) atoms. The average Bonchev–Trinajstić information content (AvgIpc) is 2.75. The van der Waals surface area contributed by atoms with Crippen LogP contribution in [0.4, 0.5) is 5.69 Å². The van der Waals surface area contributed by atoms with Crippen LogP contribution in [0.3, 0.4) is 0 Å². The van der Waals surface area contributed by atoms with Gasteiger partial charge in [0.15, 0.2) is 0 Å². The van der Waals surface area contributed by atoms with Crippen LogP contribution in [0.5, 0.6) is 0 Å². The fraction of sp³-hybridized carbons (Fsp3) is 0.467. The summed E-state index contributed by atoms with van der Waals surface area (Å²) in [5.74, 6) is 0. The van der Waals surface area contributed by atoms with Crippen molar-refractivity contribution in [1.29, 1.82) is 0 Å². The summed E-state index contributed by atoms with van der Waals surface area (Å²) >= 11 is 0. The van der Waals surface area contributed by atoms with Crippen molar-refractivity contribution in [2.24, 2.45) is 0 Å². The van der Waals surface area contributed by atoms with E-state index in [1.165, 1.54) is 18.5 Å². The molecule has 0 fully saturated rings. The summed E-state index contributed by atoms with van der Waals surface area (Å²) in [6, 6.07) is 11.2. The number of nitrogens with zero attached hydrogens (tertiary/aromatic N) is 2. The molecule has 0 spiro atoms. The lowest BCUT2D eigenvalue weighted by Crippen LogP contribution is -2.41. The summed E-state index contributed by atoms with van der Waals surface area (Å²) in [6.45, 7) is 6.75. The highest BCUT2D eigenvalue weighted by molar-refractivity contribution is 5.51. The van der Waals surface area contributed by atoms with Crippen LogP contribution < -0.4 is 4.90 Å². The third-order valence-electron chi connectivity index (χ3n) is 3.26. The van der Waals surface area contributed by atoms with Gasteiger partial charge in [0.1, 0.15) is 6.17 Å². The van der Waals surface area contributed by atoms with Crippen molar-refractivity contribution in [3.05, 3.63) is 42.7 Å². The lowest BCUT2D eigenvalue weighted by Gasteiger charge is -2.35. The smallest absolute Gasteiger partial charge is 0.106 e. The molecule has 1 heterocycles. The van der Waals surface area contributed by atoms with Gasteiger partial charge >= 0.3 is 0 Å². The van der Waals surface area contributed by atoms with Crippen LogP contribution in [0.15, 0.2) is 42.7 Å². The van der Waals surface area contributed by atoms with E-state index in [2.05, 4.69) is 73.3 Å². The average molecular weight is 230 g/mol. The highest BCUT2D eigenvalue weighted by Crippen LogP contribution is 2.28. The molecule has 1 aliphatic rings.